The van der Waals surface area contributed by atoms with Crippen LogP contribution in [0.3, 0.4) is 0 Å². The van der Waals surface area contributed by atoms with Gasteiger partial charge in [0.25, 0.3) is 0 Å². The first-order valence-corrected chi connectivity index (χ1v) is 24.2. The molecule has 0 heterocycles. The summed E-state index contributed by atoms with van der Waals surface area (Å²) in [6.07, 6.45) is 47.6. The summed E-state index contributed by atoms with van der Waals surface area (Å²) in [5.41, 5.74) is 0. The lowest BCUT2D eigenvalue weighted by molar-refractivity contribution is -0.167. The Kier molecular flexibility index (Phi) is 43.4. The molecule has 0 rings (SSSR count). The molecule has 0 aromatic heterocycles. The van der Waals surface area contributed by atoms with Crippen LogP contribution < -0.4 is 0 Å². The summed E-state index contributed by atoms with van der Waals surface area (Å²) in [7, 11) is 0. The number of esters is 3. The number of hydrogen-bond donors (Lipinski definition) is 0. The smallest absolute Gasteiger partial charge is 0.306 e. The van der Waals surface area contributed by atoms with Gasteiger partial charge in [-0.1, -0.05) is 213 Å². The molecule has 0 aliphatic rings. The zero-order valence-corrected chi connectivity index (χ0v) is 37.0. The Balaban J connectivity index is 4.31. The quantitative estimate of drug-likeness (QED) is 0.0265. The SMILES string of the molecule is CCCCC/C=C\CCCCCCCC(=O)O[C@H](COC(=O)CCCCCCCCCCCC)COC(=O)CCCCCCCCCCCCCCCCC. The summed E-state index contributed by atoms with van der Waals surface area (Å²) in [6.45, 7) is 6.61. The third kappa shape index (κ3) is 43.1. The second-order valence-corrected chi connectivity index (χ2v) is 16.4. The predicted molar refractivity (Wildman–Crippen MR) is 233 cm³/mol. The number of rotatable bonds is 44. The highest BCUT2D eigenvalue weighted by Gasteiger charge is 2.19. The second-order valence-electron chi connectivity index (χ2n) is 16.4. The molecule has 0 saturated carbocycles. The number of ether oxygens (including phenoxy) is 3. The van der Waals surface area contributed by atoms with Crippen molar-refractivity contribution in [3.05, 3.63) is 12.2 Å². The first-order chi connectivity index (χ1) is 27.0. The Morgan fingerprint density at radius 2 is 0.600 bits per heavy atom. The maximum absolute atomic E-state index is 12.7. The van der Waals surface area contributed by atoms with E-state index < -0.39 is 6.10 Å². The highest BCUT2D eigenvalue weighted by Crippen LogP contribution is 2.16. The van der Waals surface area contributed by atoms with Gasteiger partial charge in [0.1, 0.15) is 13.2 Å². The van der Waals surface area contributed by atoms with Crippen LogP contribution >= 0.6 is 0 Å². The van der Waals surface area contributed by atoms with Crippen LogP contribution in [0.25, 0.3) is 0 Å². The van der Waals surface area contributed by atoms with E-state index in [1.807, 2.05) is 0 Å². The molecule has 0 amide bonds. The topological polar surface area (TPSA) is 78.9 Å². The molecule has 0 N–H and O–H groups in total. The molecule has 6 nitrogen and oxygen atoms in total. The number of unbranched alkanes of at least 4 members (excludes halogenated alkanes) is 31. The average molecular weight is 777 g/mol. The summed E-state index contributed by atoms with van der Waals surface area (Å²) >= 11 is 0. The predicted octanol–water partition coefficient (Wildman–Crippen LogP) is 15.4. The van der Waals surface area contributed by atoms with Crippen LogP contribution in [0.4, 0.5) is 0 Å². The molecule has 0 radical (unpaired) electrons. The van der Waals surface area contributed by atoms with Crippen molar-refractivity contribution in [1.29, 1.82) is 0 Å². The zero-order valence-electron chi connectivity index (χ0n) is 37.0. The first kappa shape index (κ1) is 53.1. The maximum atomic E-state index is 12.7. The summed E-state index contributed by atoms with van der Waals surface area (Å²) in [5.74, 6) is -0.868. The van der Waals surface area contributed by atoms with Crippen molar-refractivity contribution in [3.8, 4) is 0 Å². The highest BCUT2D eigenvalue weighted by atomic mass is 16.6. The van der Waals surface area contributed by atoms with Gasteiger partial charge in [-0.2, -0.15) is 0 Å². The fourth-order valence-electron chi connectivity index (χ4n) is 7.08. The van der Waals surface area contributed by atoms with Gasteiger partial charge < -0.3 is 14.2 Å². The van der Waals surface area contributed by atoms with E-state index in [-0.39, 0.29) is 31.1 Å². The number of carbonyl (C=O) groups is 3. The molecular formula is C49H92O6. The zero-order chi connectivity index (χ0) is 40.1. The van der Waals surface area contributed by atoms with Gasteiger partial charge in [-0.25, -0.2) is 0 Å². The van der Waals surface area contributed by atoms with Crippen molar-refractivity contribution in [2.75, 3.05) is 13.2 Å². The van der Waals surface area contributed by atoms with E-state index in [0.717, 1.165) is 64.2 Å². The van der Waals surface area contributed by atoms with Gasteiger partial charge >= 0.3 is 17.9 Å². The van der Waals surface area contributed by atoms with E-state index in [1.165, 1.54) is 161 Å². The van der Waals surface area contributed by atoms with Gasteiger partial charge in [-0.15, -0.1) is 0 Å². The second kappa shape index (κ2) is 44.9. The van der Waals surface area contributed by atoms with Crippen molar-refractivity contribution in [2.24, 2.45) is 0 Å². The summed E-state index contributed by atoms with van der Waals surface area (Å²) in [4.78, 5) is 37.8. The lowest BCUT2D eigenvalue weighted by atomic mass is 10.0. The van der Waals surface area contributed by atoms with E-state index in [2.05, 4.69) is 32.9 Å². The Hall–Kier alpha value is -1.85. The van der Waals surface area contributed by atoms with Crippen LogP contribution in [-0.4, -0.2) is 37.2 Å². The van der Waals surface area contributed by atoms with E-state index in [1.54, 1.807) is 0 Å². The number of carbonyl (C=O) groups excluding carboxylic acids is 3. The number of allylic oxidation sites excluding steroid dienone is 2. The molecule has 0 aromatic rings. The Morgan fingerprint density at radius 3 is 0.945 bits per heavy atom. The van der Waals surface area contributed by atoms with E-state index in [9.17, 15) is 14.4 Å². The Labute approximate surface area is 341 Å². The molecule has 0 aliphatic carbocycles. The maximum Gasteiger partial charge on any atom is 0.306 e. The van der Waals surface area contributed by atoms with Gasteiger partial charge in [0.2, 0.25) is 0 Å². The molecule has 1 atom stereocenters. The van der Waals surface area contributed by atoms with Crippen molar-refractivity contribution in [3.63, 3.8) is 0 Å². The fraction of sp³-hybridized carbons (Fsp3) is 0.898. The lowest BCUT2D eigenvalue weighted by Crippen LogP contribution is -2.30. The largest absolute Gasteiger partial charge is 0.462 e. The van der Waals surface area contributed by atoms with Crippen LogP contribution in [0.15, 0.2) is 12.2 Å². The summed E-state index contributed by atoms with van der Waals surface area (Å²) in [6, 6.07) is 0. The lowest BCUT2D eigenvalue weighted by Gasteiger charge is -2.18. The Morgan fingerprint density at radius 1 is 0.345 bits per heavy atom. The van der Waals surface area contributed by atoms with E-state index in [0.29, 0.717) is 19.3 Å². The highest BCUT2D eigenvalue weighted by molar-refractivity contribution is 5.71. The Bertz CT molecular complexity index is 854. The van der Waals surface area contributed by atoms with Crippen molar-refractivity contribution < 1.29 is 28.6 Å². The molecule has 0 spiro atoms. The fourth-order valence-corrected chi connectivity index (χ4v) is 7.08. The van der Waals surface area contributed by atoms with Crippen molar-refractivity contribution in [1.82, 2.24) is 0 Å². The van der Waals surface area contributed by atoms with Gasteiger partial charge in [0, 0.05) is 19.3 Å². The normalized spacial score (nSPS) is 12.0. The standard InChI is InChI=1S/C49H92O6/c1-4-7-10-13-16-19-22-24-25-26-28-30-33-36-39-42-48(51)54-45-46(44-53-47(50)41-38-35-32-29-21-18-15-12-9-6-3)55-49(52)43-40-37-34-31-27-23-20-17-14-11-8-5-2/h17,20,46H,4-16,18-19,21-45H2,1-3H3/b20-17-/t46-/m1/s1. The van der Waals surface area contributed by atoms with Gasteiger partial charge in [-0.05, 0) is 44.9 Å². The van der Waals surface area contributed by atoms with Crippen molar-refractivity contribution >= 4 is 17.9 Å². The monoisotopic (exact) mass is 777 g/mol. The molecule has 324 valence electrons. The van der Waals surface area contributed by atoms with Crippen LogP contribution in [-0.2, 0) is 28.6 Å². The first-order valence-electron chi connectivity index (χ1n) is 24.2. The molecule has 55 heavy (non-hydrogen) atoms. The molecule has 0 aromatic carbocycles. The molecule has 0 fully saturated rings. The van der Waals surface area contributed by atoms with Crippen LogP contribution in [0.1, 0.15) is 265 Å². The van der Waals surface area contributed by atoms with Gasteiger partial charge in [0.05, 0.1) is 0 Å². The van der Waals surface area contributed by atoms with Crippen LogP contribution in [0.5, 0.6) is 0 Å². The van der Waals surface area contributed by atoms with E-state index >= 15 is 0 Å². The molecule has 0 saturated heterocycles. The van der Waals surface area contributed by atoms with Gasteiger partial charge in [-0.3, -0.25) is 14.4 Å². The molecule has 0 aliphatic heterocycles. The molecule has 0 unspecified atom stereocenters. The van der Waals surface area contributed by atoms with Gasteiger partial charge in [0.15, 0.2) is 6.10 Å². The summed E-state index contributed by atoms with van der Waals surface area (Å²) in [5, 5.41) is 0. The summed E-state index contributed by atoms with van der Waals surface area (Å²) < 4.78 is 16.7. The van der Waals surface area contributed by atoms with Crippen molar-refractivity contribution in [2.45, 2.75) is 271 Å². The third-order valence-corrected chi connectivity index (χ3v) is 10.8. The molecule has 0 bridgehead atoms. The average Bonchev–Trinajstić information content (AvgIpc) is 3.18. The minimum atomic E-state index is -0.765. The molecule has 6 heteroatoms. The minimum Gasteiger partial charge on any atom is -0.462 e. The molecular weight excluding hydrogens is 685 g/mol. The minimum absolute atomic E-state index is 0.0686. The number of hydrogen-bond acceptors (Lipinski definition) is 6. The van der Waals surface area contributed by atoms with E-state index in [4.69, 9.17) is 14.2 Å². The third-order valence-electron chi connectivity index (χ3n) is 10.8. The van der Waals surface area contributed by atoms with Crippen LogP contribution in [0.2, 0.25) is 0 Å². The van der Waals surface area contributed by atoms with Crippen LogP contribution in [0, 0.1) is 0 Å².